The zero-order chi connectivity index (χ0) is 22.4. The van der Waals surface area contributed by atoms with Crippen LogP contribution in [0.25, 0.3) is 0 Å². The van der Waals surface area contributed by atoms with Crippen LogP contribution in [-0.4, -0.2) is 34.5 Å². The summed E-state index contributed by atoms with van der Waals surface area (Å²) in [6.07, 6.45) is -0.310. The Labute approximate surface area is 177 Å². The van der Waals surface area contributed by atoms with E-state index in [1.165, 1.54) is 18.2 Å². The van der Waals surface area contributed by atoms with Crippen molar-refractivity contribution in [1.82, 2.24) is 10.3 Å². The third kappa shape index (κ3) is 4.76. The summed E-state index contributed by atoms with van der Waals surface area (Å²) >= 11 is 0. The maximum absolute atomic E-state index is 12.7. The smallest absolute Gasteiger partial charge is 0.406 e. The van der Waals surface area contributed by atoms with Gasteiger partial charge in [-0.1, -0.05) is 6.07 Å². The van der Waals surface area contributed by atoms with Crippen LogP contribution in [0.15, 0.2) is 30.5 Å². The van der Waals surface area contributed by atoms with E-state index < -0.39 is 12.0 Å². The Balaban J connectivity index is 1.62. The average molecular weight is 435 g/mol. The standard InChI is InChI=1S/C22H24F3N3O3/c1-21(2,30)11-27-20(29)19-18-13-7-6-12(8-13)17(18)16(10-26-19)28-14-4-3-5-15(9-14)31-22(23,24)25/h3-5,9-10,12-13,28,30H,6-8,11H2,1-2H3,(H,27,29). The van der Waals surface area contributed by atoms with Crippen molar-refractivity contribution < 1.29 is 27.8 Å². The first kappa shape index (κ1) is 21.4. The van der Waals surface area contributed by atoms with Crippen LogP contribution in [0.2, 0.25) is 0 Å². The Bertz CT molecular complexity index is 1000. The van der Waals surface area contributed by atoms with Crippen LogP contribution < -0.4 is 15.4 Å². The molecule has 1 saturated carbocycles. The monoisotopic (exact) mass is 435 g/mol. The summed E-state index contributed by atoms with van der Waals surface area (Å²) in [5, 5.41) is 15.8. The van der Waals surface area contributed by atoms with E-state index in [0.29, 0.717) is 17.1 Å². The van der Waals surface area contributed by atoms with Gasteiger partial charge >= 0.3 is 6.36 Å². The lowest BCUT2D eigenvalue weighted by molar-refractivity contribution is -0.274. The number of benzene rings is 1. The van der Waals surface area contributed by atoms with Crippen LogP contribution in [0, 0.1) is 0 Å². The molecule has 0 radical (unpaired) electrons. The number of aliphatic hydroxyl groups is 1. The number of amides is 1. The minimum Gasteiger partial charge on any atom is -0.406 e. The van der Waals surface area contributed by atoms with Crippen molar-refractivity contribution in [2.45, 2.75) is 56.9 Å². The van der Waals surface area contributed by atoms with Gasteiger partial charge in [-0.05, 0) is 68.2 Å². The summed E-state index contributed by atoms with van der Waals surface area (Å²) in [6, 6.07) is 5.63. The minimum atomic E-state index is -4.77. The zero-order valence-corrected chi connectivity index (χ0v) is 17.2. The molecule has 31 heavy (non-hydrogen) atoms. The maximum atomic E-state index is 12.7. The average Bonchev–Trinajstić information content (AvgIpc) is 3.27. The number of anilines is 2. The van der Waals surface area contributed by atoms with E-state index in [0.717, 1.165) is 30.4 Å². The van der Waals surface area contributed by atoms with E-state index in [1.54, 1.807) is 26.1 Å². The van der Waals surface area contributed by atoms with Gasteiger partial charge in [-0.2, -0.15) is 0 Å². The number of alkyl halides is 3. The SMILES string of the molecule is CC(C)(O)CNC(=O)c1ncc(Nc2cccc(OC(F)(F)F)c2)c2c1C1CCC2C1. The van der Waals surface area contributed by atoms with Gasteiger partial charge in [0.25, 0.3) is 5.91 Å². The third-order valence-corrected chi connectivity index (χ3v) is 5.65. The lowest BCUT2D eigenvalue weighted by atomic mass is 9.89. The highest BCUT2D eigenvalue weighted by Gasteiger charge is 2.42. The van der Waals surface area contributed by atoms with Crippen LogP contribution in [0.3, 0.4) is 0 Å². The molecular weight excluding hydrogens is 411 g/mol. The number of carbonyl (C=O) groups excluding carboxylic acids is 1. The normalized spacial score (nSPS) is 19.8. The van der Waals surface area contributed by atoms with Gasteiger partial charge < -0.3 is 20.5 Å². The highest BCUT2D eigenvalue weighted by molar-refractivity contribution is 5.95. The topological polar surface area (TPSA) is 83.5 Å². The Kier molecular flexibility index (Phi) is 5.33. The van der Waals surface area contributed by atoms with E-state index >= 15 is 0 Å². The van der Waals surface area contributed by atoms with Gasteiger partial charge in [-0.3, -0.25) is 4.79 Å². The summed E-state index contributed by atoms with van der Waals surface area (Å²) in [4.78, 5) is 17.1. The Morgan fingerprint density at radius 2 is 1.94 bits per heavy atom. The number of hydrogen-bond acceptors (Lipinski definition) is 5. The predicted molar refractivity (Wildman–Crippen MR) is 109 cm³/mol. The molecule has 3 N–H and O–H groups in total. The van der Waals surface area contributed by atoms with Gasteiger partial charge in [0, 0.05) is 18.3 Å². The minimum absolute atomic E-state index is 0.0996. The number of nitrogens with zero attached hydrogens (tertiary/aromatic N) is 1. The number of fused-ring (bicyclic) bond motifs is 5. The molecule has 2 bridgehead atoms. The number of halogens is 3. The summed E-state index contributed by atoms with van der Waals surface area (Å²) in [5.74, 6) is -0.137. The summed E-state index contributed by atoms with van der Waals surface area (Å²) in [5.41, 5.74) is 2.34. The Morgan fingerprint density at radius 3 is 2.61 bits per heavy atom. The molecule has 1 aromatic heterocycles. The molecular formula is C22H24F3N3O3. The molecule has 1 amide bonds. The molecule has 6 nitrogen and oxygen atoms in total. The largest absolute Gasteiger partial charge is 0.573 e. The summed E-state index contributed by atoms with van der Waals surface area (Å²) in [7, 11) is 0. The van der Waals surface area contributed by atoms with Gasteiger partial charge in [0.1, 0.15) is 11.4 Å². The molecule has 2 aliphatic carbocycles. The van der Waals surface area contributed by atoms with Crippen molar-refractivity contribution in [2.75, 3.05) is 11.9 Å². The second kappa shape index (κ2) is 7.71. The first-order chi connectivity index (χ1) is 14.5. The predicted octanol–water partition coefficient (Wildman–Crippen LogP) is 4.59. The van der Waals surface area contributed by atoms with E-state index in [4.69, 9.17) is 0 Å². The zero-order valence-electron chi connectivity index (χ0n) is 17.2. The fraction of sp³-hybridized carbons (Fsp3) is 0.455. The first-order valence-corrected chi connectivity index (χ1v) is 10.2. The highest BCUT2D eigenvalue weighted by Crippen LogP contribution is 2.56. The van der Waals surface area contributed by atoms with Crippen molar-refractivity contribution >= 4 is 17.3 Å². The number of pyridine rings is 1. The second-order valence-corrected chi connectivity index (χ2v) is 8.75. The van der Waals surface area contributed by atoms with Crippen LogP contribution >= 0.6 is 0 Å². The molecule has 0 spiro atoms. The molecule has 0 aliphatic heterocycles. The van der Waals surface area contributed by atoms with Gasteiger partial charge in [-0.25, -0.2) is 4.98 Å². The molecule has 2 aromatic rings. The number of rotatable bonds is 6. The maximum Gasteiger partial charge on any atom is 0.573 e. The summed E-state index contributed by atoms with van der Waals surface area (Å²) < 4.78 is 41.6. The van der Waals surface area contributed by atoms with Gasteiger partial charge in [0.15, 0.2) is 0 Å². The van der Waals surface area contributed by atoms with Crippen LogP contribution in [-0.2, 0) is 0 Å². The lowest BCUT2D eigenvalue weighted by Crippen LogP contribution is -2.39. The number of carbonyl (C=O) groups is 1. The summed E-state index contributed by atoms with van der Waals surface area (Å²) in [6.45, 7) is 3.32. The molecule has 2 unspecified atom stereocenters. The number of ether oxygens (including phenoxy) is 1. The van der Waals surface area contributed by atoms with E-state index in [1.807, 2.05) is 0 Å². The molecule has 1 aromatic carbocycles. The highest BCUT2D eigenvalue weighted by atomic mass is 19.4. The van der Waals surface area contributed by atoms with Crippen LogP contribution in [0.5, 0.6) is 5.75 Å². The van der Waals surface area contributed by atoms with Crippen molar-refractivity contribution in [3.05, 3.63) is 47.3 Å². The number of hydrogen-bond donors (Lipinski definition) is 3. The van der Waals surface area contributed by atoms with E-state index in [2.05, 4.69) is 20.4 Å². The number of nitrogens with one attached hydrogen (secondary N) is 2. The van der Waals surface area contributed by atoms with Gasteiger partial charge in [0.05, 0.1) is 17.5 Å². The van der Waals surface area contributed by atoms with Crippen molar-refractivity contribution in [3.8, 4) is 5.75 Å². The molecule has 2 aliphatic rings. The van der Waals surface area contributed by atoms with Crippen molar-refractivity contribution in [3.63, 3.8) is 0 Å². The van der Waals surface area contributed by atoms with Crippen LogP contribution in [0.4, 0.5) is 24.5 Å². The Morgan fingerprint density at radius 1 is 1.23 bits per heavy atom. The van der Waals surface area contributed by atoms with E-state index in [9.17, 15) is 23.1 Å². The fourth-order valence-electron chi connectivity index (χ4n) is 4.49. The van der Waals surface area contributed by atoms with Gasteiger partial charge in [0.2, 0.25) is 0 Å². The number of aromatic nitrogens is 1. The molecule has 1 fully saturated rings. The van der Waals surface area contributed by atoms with Gasteiger partial charge in [-0.15, -0.1) is 13.2 Å². The van der Waals surface area contributed by atoms with Crippen molar-refractivity contribution in [1.29, 1.82) is 0 Å². The molecule has 1 heterocycles. The molecule has 2 atom stereocenters. The first-order valence-electron chi connectivity index (χ1n) is 10.2. The third-order valence-electron chi connectivity index (χ3n) is 5.65. The van der Waals surface area contributed by atoms with Crippen molar-refractivity contribution in [2.24, 2.45) is 0 Å². The molecule has 166 valence electrons. The lowest BCUT2D eigenvalue weighted by Gasteiger charge is -2.23. The van der Waals surface area contributed by atoms with E-state index in [-0.39, 0.29) is 30.0 Å². The van der Waals surface area contributed by atoms with Crippen LogP contribution in [0.1, 0.15) is 66.6 Å². The molecule has 4 rings (SSSR count). The Hall–Kier alpha value is -2.81. The fourth-order valence-corrected chi connectivity index (χ4v) is 4.49. The quantitative estimate of drug-likeness (QED) is 0.618. The molecule has 9 heteroatoms. The second-order valence-electron chi connectivity index (χ2n) is 8.75. The molecule has 0 saturated heterocycles.